The van der Waals surface area contributed by atoms with E-state index in [1.165, 1.54) is 5.56 Å². The zero-order valence-corrected chi connectivity index (χ0v) is 16.1. The molecule has 2 aromatic rings. The Kier molecular flexibility index (Phi) is 4.15. The van der Waals surface area contributed by atoms with Gasteiger partial charge < -0.3 is 10.6 Å². The monoisotopic (exact) mass is 389 g/mol. The van der Waals surface area contributed by atoms with E-state index in [4.69, 9.17) is 0 Å². The van der Waals surface area contributed by atoms with Crippen LogP contribution < -0.4 is 10.6 Å². The van der Waals surface area contributed by atoms with E-state index < -0.39 is 11.6 Å². The van der Waals surface area contributed by atoms with Crippen molar-refractivity contribution in [3.05, 3.63) is 70.8 Å². The lowest BCUT2D eigenvalue weighted by Gasteiger charge is -2.27. The van der Waals surface area contributed by atoms with Crippen molar-refractivity contribution in [1.29, 1.82) is 0 Å². The Hall–Kier alpha value is -3.15. The number of benzene rings is 2. The summed E-state index contributed by atoms with van der Waals surface area (Å²) in [6, 6.07) is 15.2. The van der Waals surface area contributed by atoms with Crippen molar-refractivity contribution >= 4 is 17.8 Å². The van der Waals surface area contributed by atoms with E-state index in [9.17, 15) is 14.4 Å². The first-order valence-corrected chi connectivity index (χ1v) is 10.2. The predicted octanol–water partition coefficient (Wildman–Crippen LogP) is 2.57. The first-order chi connectivity index (χ1) is 14.1. The van der Waals surface area contributed by atoms with Gasteiger partial charge in [-0.25, -0.2) is 4.79 Å². The first-order valence-electron chi connectivity index (χ1n) is 10.2. The number of fused-ring (bicyclic) bond motifs is 3. The number of hydrogen-bond acceptors (Lipinski definition) is 3. The number of imide groups is 1. The molecule has 0 unspecified atom stereocenters. The second-order valence-corrected chi connectivity index (χ2v) is 8.10. The number of hydrogen-bond donors (Lipinski definition) is 2. The summed E-state index contributed by atoms with van der Waals surface area (Å²) in [4.78, 5) is 39.6. The van der Waals surface area contributed by atoms with Gasteiger partial charge in [0.15, 0.2) is 0 Å². The molecule has 6 nitrogen and oxygen atoms in total. The maximum absolute atomic E-state index is 13.2. The lowest BCUT2D eigenvalue weighted by Crippen LogP contribution is -2.44. The van der Waals surface area contributed by atoms with Crippen LogP contribution in [-0.4, -0.2) is 29.3 Å². The minimum atomic E-state index is -1.02. The number of nitrogens with one attached hydrogen (secondary N) is 2. The highest BCUT2D eigenvalue weighted by Crippen LogP contribution is 2.41. The van der Waals surface area contributed by atoms with Crippen LogP contribution in [0.4, 0.5) is 4.79 Å². The van der Waals surface area contributed by atoms with Crippen LogP contribution in [0, 0.1) is 0 Å². The van der Waals surface area contributed by atoms with Gasteiger partial charge in [-0.3, -0.25) is 14.5 Å². The SMILES string of the molecule is O=C(CN1C(=O)N[C@]2(CCc3ccccc32)C1=O)N[C@H]1CCCc2ccccc21. The zero-order valence-electron chi connectivity index (χ0n) is 16.1. The molecule has 4 amide bonds. The van der Waals surface area contributed by atoms with Crippen molar-refractivity contribution in [2.45, 2.75) is 43.7 Å². The van der Waals surface area contributed by atoms with Crippen molar-refractivity contribution in [2.75, 3.05) is 6.54 Å². The molecule has 0 saturated carbocycles. The molecule has 6 heteroatoms. The molecular weight excluding hydrogens is 366 g/mol. The maximum atomic E-state index is 13.2. The van der Waals surface area contributed by atoms with Gasteiger partial charge in [0.05, 0.1) is 6.04 Å². The summed E-state index contributed by atoms with van der Waals surface area (Å²) in [5.41, 5.74) is 3.28. The van der Waals surface area contributed by atoms with Crippen LogP contribution in [0.3, 0.4) is 0 Å². The first kappa shape index (κ1) is 17.9. The van der Waals surface area contributed by atoms with Gasteiger partial charge in [-0.2, -0.15) is 0 Å². The molecule has 2 aromatic carbocycles. The molecule has 1 saturated heterocycles. The van der Waals surface area contributed by atoms with Gasteiger partial charge in [0.25, 0.3) is 5.91 Å². The van der Waals surface area contributed by atoms with Gasteiger partial charge >= 0.3 is 6.03 Å². The van der Waals surface area contributed by atoms with Gasteiger partial charge in [0.1, 0.15) is 12.1 Å². The minimum absolute atomic E-state index is 0.0746. The molecule has 1 spiro atoms. The summed E-state index contributed by atoms with van der Waals surface area (Å²) in [5, 5.41) is 5.90. The number of carbonyl (C=O) groups excluding carboxylic acids is 3. The van der Waals surface area contributed by atoms with E-state index in [-0.39, 0.29) is 24.4 Å². The topological polar surface area (TPSA) is 78.5 Å². The minimum Gasteiger partial charge on any atom is -0.348 e. The number of amides is 4. The standard InChI is InChI=1S/C23H23N3O3/c27-20(24-19-11-5-8-15-6-1-3-9-17(15)19)14-26-21(28)23(25-22(26)29)13-12-16-7-2-4-10-18(16)23/h1-4,6-7,9-10,19H,5,8,11-14H2,(H,24,27)(H,25,29)/t19-,23-/m0/s1. The van der Waals surface area contributed by atoms with E-state index in [0.717, 1.165) is 47.3 Å². The normalized spacial score (nSPS) is 25.0. The lowest BCUT2D eigenvalue weighted by molar-refractivity contribution is -0.135. The van der Waals surface area contributed by atoms with E-state index in [1.54, 1.807) is 0 Å². The number of carbonyl (C=O) groups is 3. The van der Waals surface area contributed by atoms with Gasteiger partial charge in [-0.1, -0.05) is 48.5 Å². The summed E-state index contributed by atoms with van der Waals surface area (Å²) in [7, 11) is 0. The van der Waals surface area contributed by atoms with Crippen molar-refractivity contribution < 1.29 is 14.4 Å². The zero-order chi connectivity index (χ0) is 20.0. The molecule has 1 fully saturated rings. The number of aryl methyl sites for hydroxylation is 2. The Labute approximate surface area is 169 Å². The summed E-state index contributed by atoms with van der Waals surface area (Å²) in [5.74, 6) is -0.634. The summed E-state index contributed by atoms with van der Waals surface area (Å²) in [6.07, 6.45) is 4.15. The Bertz CT molecular complexity index is 1020. The third-order valence-corrected chi connectivity index (χ3v) is 6.43. The second-order valence-electron chi connectivity index (χ2n) is 8.10. The highest BCUT2D eigenvalue weighted by atomic mass is 16.2. The molecule has 2 atom stereocenters. The molecule has 29 heavy (non-hydrogen) atoms. The quantitative estimate of drug-likeness (QED) is 0.792. The molecule has 3 aliphatic rings. The Morgan fingerprint density at radius 1 is 1.07 bits per heavy atom. The Balaban J connectivity index is 1.32. The molecule has 0 aromatic heterocycles. The number of urea groups is 1. The van der Waals surface area contributed by atoms with Crippen LogP contribution >= 0.6 is 0 Å². The van der Waals surface area contributed by atoms with Crippen molar-refractivity contribution in [1.82, 2.24) is 15.5 Å². The predicted molar refractivity (Wildman–Crippen MR) is 107 cm³/mol. The Morgan fingerprint density at radius 3 is 2.69 bits per heavy atom. The third-order valence-electron chi connectivity index (χ3n) is 6.43. The maximum Gasteiger partial charge on any atom is 0.325 e. The van der Waals surface area contributed by atoms with Crippen molar-refractivity contribution in [3.63, 3.8) is 0 Å². The highest BCUT2D eigenvalue weighted by molar-refractivity contribution is 6.09. The molecule has 5 rings (SSSR count). The van der Waals surface area contributed by atoms with Gasteiger partial charge in [0, 0.05) is 0 Å². The van der Waals surface area contributed by atoms with Crippen LogP contribution in [0.15, 0.2) is 48.5 Å². The van der Waals surface area contributed by atoms with Crippen LogP contribution in [0.25, 0.3) is 0 Å². The summed E-state index contributed by atoms with van der Waals surface area (Å²) < 4.78 is 0. The highest BCUT2D eigenvalue weighted by Gasteiger charge is 2.55. The fraction of sp³-hybridized carbons (Fsp3) is 0.348. The van der Waals surface area contributed by atoms with E-state index >= 15 is 0 Å². The molecule has 2 N–H and O–H groups in total. The van der Waals surface area contributed by atoms with Crippen molar-refractivity contribution in [3.8, 4) is 0 Å². The third kappa shape index (κ3) is 2.82. The molecule has 2 aliphatic carbocycles. The average Bonchev–Trinajstić information content (AvgIpc) is 3.22. The molecular formula is C23H23N3O3. The van der Waals surface area contributed by atoms with Crippen molar-refractivity contribution in [2.24, 2.45) is 0 Å². The second kappa shape index (κ2) is 6.72. The molecule has 1 heterocycles. The number of nitrogens with zero attached hydrogens (tertiary/aromatic N) is 1. The van der Waals surface area contributed by atoms with Crippen LogP contribution in [0.2, 0.25) is 0 Å². The Morgan fingerprint density at radius 2 is 1.83 bits per heavy atom. The van der Waals surface area contributed by atoms with Crippen LogP contribution in [-0.2, 0) is 28.0 Å². The van der Waals surface area contributed by atoms with Crippen LogP contribution in [0.5, 0.6) is 0 Å². The van der Waals surface area contributed by atoms with Gasteiger partial charge in [-0.15, -0.1) is 0 Å². The van der Waals surface area contributed by atoms with Gasteiger partial charge in [-0.05, 0) is 54.4 Å². The molecule has 0 bridgehead atoms. The summed E-state index contributed by atoms with van der Waals surface area (Å²) in [6.45, 7) is -0.257. The average molecular weight is 389 g/mol. The molecule has 0 radical (unpaired) electrons. The van der Waals surface area contributed by atoms with E-state index in [2.05, 4.69) is 16.7 Å². The fourth-order valence-electron chi connectivity index (χ4n) is 5.02. The largest absolute Gasteiger partial charge is 0.348 e. The smallest absolute Gasteiger partial charge is 0.325 e. The fourth-order valence-corrected chi connectivity index (χ4v) is 5.02. The molecule has 1 aliphatic heterocycles. The van der Waals surface area contributed by atoms with E-state index in [1.807, 2.05) is 42.5 Å². The van der Waals surface area contributed by atoms with E-state index in [0.29, 0.717) is 6.42 Å². The lowest BCUT2D eigenvalue weighted by atomic mass is 9.88. The summed E-state index contributed by atoms with van der Waals surface area (Å²) >= 11 is 0. The van der Waals surface area contributed by atoms with Gasteiger partial charge in [0.2, 0.25) is 5.91 Å². The van der Waals surface area contributed by atoms with Crippen LogP contribution in [0.1, 0.15) is 47.6 Å². The number of rotatable bonds is 3. The molecule has 148 valence electrons.